The Labute approximate surface area is 82.7 Å². The first-order valence-corrected chi connectivity index (χ1v) is 4.42. The number of esters is 1. The van der Waals surface area contributed by atoms with E-state index in [4.69, 9.17) is 10.4 Å². The van der Waals surface area contributed by atoms with Crippen molar-refractivity contribution in [2.45, 2.75) is 25.4 Å². The van der Waals surface area contributed by atoms with Crippen molar-refractivity contribution in [2.75, 3.05) is 13.7 Å². The molecule has 5 nitrogen and oxygen atoms in total. The highest BCUT2D eigenvalue weighted by Gasteiger charge is 2.46. The number of ether oxygens (including phenoxy) is 1. The van der Waals surface area contributed by atoms with E-state index in [2.05, 4.69) is 10.1 Å². The lowest BCUT2D eigenvalue weighted by atomic mass is 9.83. The van der Waals surface area contributed by atoms with Crippen LogP contribution >= 0.6 is 0 Å². The third kappa shape index (κ3) is 1.72. The summed E-state index contributed by atoms with van der Waals surface area (Å²) in [7, 11) is 1.31. The first-order chi connectivity index (χ1) is 6.57. The maximum Gasteiger partial charge on any atom is 0.322 e. The molecule has 0 radical (unpaired) electrons. The Morgan fingerprint density at radius 2 is 2.50 bits per heavy atom. The average Bonchev–Trinajstić information content (AvgIpc) is 2.55. The van der Waals surface area contributed by atoms with Crippen molar-refractivity contribution in [3.8, 4) is 6.07 Å². The lowest BCUT2D eigenvalue weighted by molar-refractivity contribution is -0.142. The molecule has 0 aromatic rings. The number of nitriles is 1. The van der Waals surface area contributed by atoms with E-state index in [0.29, 0.717) is 6.42 Å². The third-order valence-corrected chi connectivity index (χ3v) is 2.71. The van der Waals surface area contributed by atoms with Crippen LogP contribution in [0.4, 0.5) is 0 Å². The number of hydrogen-bond acceptors (Lipinski definition) is 5. The van der Waals surface area contributed by atoms with Crippen molar-refractivity contribution in [2.24, 2.45) is 5.41 Å². The quantitative estimate of drug-likeness (QED) is 0.580. The van der Waals surface area contributed by atoms with Crippen molar-refractivity contribution in [1.29, 1.82) is 5.26 Å². The molecular weight excluding hydrogens is 184 g/mol. The number of aliphatic hydroxyl groups excluding tert-OH is 1. The third-order valence-electron chi connectivity index (χ3n) is 2.71. The van der Waals surface area contributed by atoms with Crippen LogP contribution in [0.15, 0.2) is 0 Å². The number of carbonyl (C=O) groups excluding carboxylic acids is 1. The molecule has 1 unspecified atom stereocenters. The smallest absolute Gasteiger partial charge is 0.322 e. The lowest BCUT2D eigenvalue weighted by Crippen LogP contribution is -2.38. The second-order valence-corrected chi connectivity index (χ2v) is 3.82. The fraction of sp³-hybridized carbons (Fsp3) is 0.778. The van der Waals surface area contributed by atoms with Gasteiger partial charge in [-0.05, 0) is 6.42 Å². The van der Waals surface area contributed by atoms with Crippen LogP contribution in [0.1, 0.15) is 13.3 Å². The van der Waals surface area contributed by atoms with Crippen molar-refractivity contribution in [3.63, 3.8) is 0 Å². The highest BCUT2D eigenvalue weighted by Crippen LogP contribution is 2.33. The molecule has 5 heteroatoms. The Balaban J connectivity index is 2.76. The van der Waals surface area contributed by atoms with Crippen LogP contribution < -0.4 is 5.32 Å². The number of aliphatic hydroxyl groups is 1. The zero-order chi connectivity index (χ0) is 10.8. The van der Waals surface area contributed by atoms with Gasteiger partial charge < -0.3 is 9.84 Å². The molecule has 78 valence electrons. The molecule has 0 saturated carbocycles. The Kier molecular flexibility index (Phi) is 3.09. The second kappa shape index (κ2) is 3.95. The van der Waals surface area contributed by atoms with Gasteiger partial charge in [0.2, 0.25) is 0 Å². The standard InChI is InChI=1S/C9H14N2O3/c1-9(5-12)3-6(8(13)14-2)11-7(9)4-10/h6-7,11-12H,3,5H2,1-2H3/t6-,7?,9-/m0/s1. The van der Waals surface area contributed by atoms with Gasteiger partial charge in [-0.15, -0.1) is 0 Å². The molecule has 1 aliphatic rings. The number of rotatable bonds is 2. The van der Waals surface area contributed by atoms with E-state index in [1.54, 1.807) is 6.92 Å². The van der Waals surface area contributed by atoms with Gasteiger partial charge in [0.15, 0.2) is 0 Å². The molecule has 0 amide bonds. The van der Waals surface area contributed by atoms with Gasteiger partial charge in [-0.1, -0.05) is 6.92 Å². The normalized spacial score (nSPS) is 36.4. The molecule has 0 bridgehead atoms. The molecule has 1 fully saturated rings. The Morgan fingerprint density at radius 3 is 2.86 bits per heavy atom. The fourth-order valence-electron chi connectivity index (χ4n) is 1.69. The molecular formula is C9H14N2O3. The van der Waals surface area contributed by atoms with Crippen LogP contribution in [-0.4, -0.2) is 36.9 Å². The highest BCUT2D eigenvalue weighted by atomic mass is 16.5. The maximum absolute atomic E-state index is 11.2. The molecule has 0 aromatic carbocycles. The van der Waals surface area contributed by atoms with Gasteiger partial charge in [-0.25, -0.2) is 0 Å². The summed E-state index contributed by atoms with van der Waals surface area (Å²) in [6.07, 6.45) is 0.425. The van der Waals surface area contributed by atoms with Crippen molar-refractivity contribution in [1.82, 2.24) is 5.32 Å². The van der Waals surface area contributed by atoms with Gasteiger partial charge in [0.25, 0.3) is 0 Å². The van der Waals surface area contributed by atoms with E-state index in [1.807, 2.05) is 6.07 Å². The summed E-state index contributed by atoms with van der Waals surface area (Å²) < 4.78 is 4.57. The van der Waals surface area contributed by atoms with E-state index in [9.17, 15) is 4.79 Å². The van der Waals surface area contributed by atoms with Gasteiger partial charge in [0, 0.05) is 5.41 Å². The van der Waals surface area contributed by atoms with Crippen LogP contribution in [0.25, 0.3) is 0 Å². The predicted octanol–water partition coefficient (Wildman–Crippen LogP) is -0.588. The van der Waals surface area contributed by atoms with E-state index in [-0.39, 0.29) is 12.6 Å². The molecule has 14 heavy (non-hydrogen) atoms. The Bertz CT molecular complexity index is 274. The molecule has 1 saturated heterocycles. The summed E-state index contributed by atoms with van der Waals surface area (Å²) >= 11 is 0. The van der Waals surface area contributed by atoms with Gasteiger partial charge in [-0.3, -0.25) is 10.1 Å². The van der Waals surface area contributed by atoms with Crippen molar-refractivity contribution >= 4 is 5.97 Å². The SMILES string of the molecule is COC(=O)[C@@H]1C[C@@](C)(CO)C(C#N)N1. The second-order valence-electron chi connectivity index (χ2n) is 3.82. The number of methoxy groups -OCH3 is 1. The summed E-state index contributed by atoms with van der Waals surface area (Å²) in [5.74, 6) is -0.387. The van der Waals surface area contributed by atoms with Gasteiger partial charge in [0.1, 0.15) is 12.1 Å². The molecule has 0 aromatic heterocycles. The van der Waals surface area contributed by atoms with Gasteiger partial charge >= 0.3 is 5.97 Å². The first-order valence-electron chi connectivity index (χ1n) is 4.42. The van der Waals surface area contributed by atoms with E-state index >= 15 is 0 Å². The number of carbonyl (C=O) groups is 1. The number of nitrogens with zero attached hydrogens (tertiary/aromatic N) is 1. The van der Waals surface area contributed by atoms with Crippen LogP contribution in [-0.2, 0) is 9.53 Å². The molecule has 3 atom stereocenters. The van der Waals surface area contributed by atoms with Crippen LogP contribution in [0.2, 0.25) is 0 Å². The molecule has 1 aliphatic heterocycles. The highest BCUT2D eigenvalue weighted by molar-refractivity contribution is 5.76. The van der Waals surface area contributed by atoms with E-state index < -0.39 is 17.5 Å². The molecule has 2 N–H and O–H groups in total. The van der Waals surface area contributed by atoms with Crippen LogP contribution in [0, 0.1) is 16.7 Å². The van der Waals surface area contributed by atoms with Crippen LogP contribution in [0.3, 0.4) is 0 Å². The molecule has 1 rings (SSSR count). The molecule has 1 heterocycles. The van der Waals surface area contributed by atoms with E-state index in [0.717, 1.165) is 0 Å². The summed E-state index contributed by atoms with van der Waals surface area (Å²) in [4.78, 5) is 11.2. The monoisotopic (exact) mass is 198 g/mol. The maximum atomic E-state index is 11.2. The largest absolute Gasteiger partial charge is 0.468 e. The van der Waals surface area contributed by atoms with Crippen molar-refractivity contribution in [3.05, 3.63) is 0 Å². The molecule has 0 spiro atoms. The number of hydrogen-bond donors (Lipinski definition) is 2. The van der Waals surface area contributed by atoms with Crippen LogP contribution in [0.5, 0.6) is 0 Å². The average molecular weight is 198 g/mol. The molecule has 0 aliphatic carbocycles. The van der Waals surface area contributed by atoms with E-state index in [1.165, 1.54) is 7.11 Å². The minimum absolute atomic E-state index is 0.119. The van der Waals surface area contributed by atoms with Crippen molar-refractivity contribution < 1.29 is 14.6 Å². The minimum atomic E-state index is -0.562. The summed E-state index contributed by atoms with van der Waals surface area (Å²) in [5, 5.41) is 20.8. The minimum Gasteiger partial charge on any atom is -0.468 e. The first kappa shape index (κ1) is 11.0. The predicted molar refractivity (Wildman–Crippen MR) is 48.2 cm³/mol. The number of nitrogens with one attached hydrogen (secondary N) is 1. The fourth-order valence-corrected chi connectivity index (χ4v) is 1.69. The summed E-state index contributed by atoms with van der Waals surface area (Å²) in [6.45, 7) is 1.66. The lowest BCUT2D eigenvalue weighted by Gasteiger charge is -2.22. The summed E-state index contributed by atoms with van der Waals surface area (Å²) in [5.41, 5.74) is -0.562. The van der Waals surface area contributed by atoms with Gasteiger partial charge in [-0.2, -0.15) is 5.26 Å². The summed E-state index contributed by atoms with van der Waals surface area (Å²) in [6, 6.07) is 1.05. The topological polar surface area (TPSA) is 82.3 Å². The Morgan fingerprint density at radius 1 is 1.86 bits per heavy atom. The zero-order valence-electron chi connectivity index (χ0n) is 8.28. The zero-order valence-corrected chi connectivity index (χ0v) is 8.28. The van der Waals surface area contributed by atoms with Gasteiger partial charge in [0.05, 0.1) is 19.8 Å². The Hall–Kier alpha value is -1.12.